The van der Waals surface area contributed by atoms with E-state index in [1.807, 2.05) is 0 Å². The Morgan fingerprint density at radius 3 is 2.17 bits per heavy atom. The van der Waals surface area contributed by atoms with Crippen LogP contribution in [0.25, 0.3) is 11.1 Å². The summed E-state index contributed by atoms with van der Waals surface area (Å²) in [5, 5.41) is 2.94. The Hall–Kier alpha value is -2.29. The lowest BCUT2D eigenvalue weighted by Gasteiger charge is -2.15. The number of ether oxygens (including phenoxy) is 1. The van der Waals surface area contributed by atoms with Gasteiger partial charge in [0.25, 0.3) is 0 Å². The van der Waals surface area contributed by atoms with Crippen LogP contribution in [0, 0.1) is 5.92 Å². The van der Waals surface area contributed by atoms with Gasteiger partial charge in [-0.1, -0.05) is 61.4 Å². The second-order valence-electron chi connectivity index (χ2n) is 6.86. The van der Waals surface area contributed by atoms with E-state index in [4.69, 9.17) is 4.74 Å². The van der Waals surface area contributed by atoms with Crippen molar-refractivity contribution in [2.45, 2.75) is 31.6 Å². The molecule has 0 saturated heterocycles. The number of benzene rings is 2. The number of hydrogen-bond acceptors (Lipinski definition) is 2. The molecule has 2 aromatic carbocycles. The number of hydrogen-bond donors (Lipinski definition) is 1. The number of alkyl carbamates (subject to hydrolysis) is 1. The highest BCUT2D eigenvalue weighted by Crippen LogP contribution is 2.44. The van der Waals surface area contributed by atoms with Gasteiger partial charge >= 0.3 is 6.09 Å². The number of carbonyl (C=O) groups is 1. The molecular formula is C21H23NO2. The van der Waals surface area contributed by atoms with Crippen molar-refractivity contribution < 1.29 is 9.53 Å². The number of amides is 1. The Kier molecular flexibility index (Phi) is 4.24. The maximum Gasteiger partial charge on any atom is 0.407 e. The van der Waals surface area contributed by atoms with Crippen molar-refractivity contribution in [2.75, 3.05) is 13.2 Å². The summed E-state index contributed by atoms with van der Waals surface area (Å²) in [5.74, 6) is 0.764. The van der Waals surface area contributed by atoms with Crippen molar-refractivity contribution in [3.8, 4) is 11.1 Å². The maximum absolute atomic E-state index is 12.0. The molecule has 0 radical (unpaired) electrons. The van der Waals surface area contributed by atoms with E-state index >= 15 is 0 Å². The fourth-order valence-corrected chi connectivity index (χ4v) is 4.09. The molecule has 24 heavy (non-hydrogen) atoms. The highest BCUT2D eigenvalue weighted by Gasteiger charge is 2.29. The Balaban J connectivity index is 1.42. The van der Waals surface area contributed by atoms with E-state index in [9.17, 15) is 4.79 Å². The fourth-order valence-electron chi connectivity index (χ4n) is 4.09. The van der Waals surface area contributed by atoms with Crippen LogP contribution in [0.2, 0.25) is 0 Å². The summed E-state index contributed by atoms with van der Waals surface area (Å²) < 4.78 is 5.55. The first-order valence-corrected chi connectivity index (χ1v) is 8.92. The van der Waals surface area contributed by atoms with Gasteiger partial charge in [-0.2, -0.15) is 0 Å². The van der Waals surface area contributed by atoms with Gasteiger partial charge in [-0.3, -0.25) is 0 Å². The first-order valence-electron chi connectivity index (χ1n) is 8.92. The average Bonchev–Trinajstić information content (AvgIpc) is 3.25. The summed E-state index contributed by atoms with van der Waals surface area (Å²) in [4.78, 5) is 12.0. The first kappa shape index (κ1) is 15.3. The largest absolute Gasteiger partial charge is 0.449 e. The zero-order valence-electron chi connectivity index (χ0n) is 13.8. The molecule has 1 fully saturated rings. The van der Waals surface area contributed by atoms with Crippen molar-refractivity contribution in [1.82, 2.24) is 5.32 Å². The van der Waals surface area contributed by atoms with Gasteiger partial charge in [0, 0.05) is 12.5 Å². The van der Waals surface area contributed by atoms with Crippen LogP contribution < -0.4 is 5.32 Å². The van der Waals surface area contributed by atoms with Gasteiger partial charge in [0.2, 0.25) is 0 Å². The smallest absolute Gasteiger partial charge is 0.407 e. The summed E-state index contributed by atoms with van der Waals surface area (Å²) in [6.07, 6.45) is 4.74. The first-order chi connectivity index (χ1) is 11.8. The molecule has 1 N–H and O–H groups in total. The summed E-state index contributed by atoms with van der Waals surface area (Å²) in [7, 11) is 0. The molecule has 1 saturated carbocycles. The van der Waals surface area contributed by atoms with Crippen LogP contribution >= 0.6 is 0 Å². The van der Waals surface area contributed by atoms with Gasteiger partial charge in [0.1, 0.15) is 6.61 Å². The zero-order chi connectivity index (χ0) is 16.4. The van der Waals surface area contributed by atoms with Crippen LogP contribution in [0.3, 0.4) is 0 Å². The van der Waals surface area contributed by atoms with E-state index < -0.39 is 0 Å². The topological polar surface area (TPSA) is 38.3 Å². The Bertz CT molecular complexity index is 689. The van der Waals surface area contributed by atoms with E-state index in [0.717, 1.165) is 6.54 Å². The van der Waals surface area contributed by atoms with Crippen LogP contribution in [-0.2, 0) is 4.74 Å². The summed E-state index contributed by atoms with van der Waals surface area (Å²) >= 11 is 0. The number of nitrogens with one attached hydrogen (secondary N) is 1. The van der Waals surface area contributed by atoms with Crippen LogP contribution in [-0.4, -0.2) is 19.2 Å². The lowest BCUT2D eigenvalue weighted by Crippen LogP contribution is -2.30. The summed E-state index contributed by atoms with van der Waals surface area (Å²) in [6.45, 7) is 1.14. The standard InChI is InChI=1S/C21H23NO2/c23-21(22-13-15-7-1-2-8-15)24-14-20-18-11-5-3-9-16(18)17-10-4-6-12-19(17)20/h3-6,9-12,15,20H,1-2,7-8,13-14H2,(H,22,23). The van der Waals surface area contributed by atoms with Crippen LogP contribution in [0.4, 0.5) is 4.79 Å². The predicted octanol–water partition coefficient (Wildman–Crippen LogP) is 4.72. The van der Waals surface area contributed by atoms with Crippen LogP contribution in [0.15, 0.2) is 48.5 Å². The molecule has 2 aliphatic rings. The molecule has 2 aromatic rings. The molecule has 2 aliphatic carbocycles. The van der Waals surface area contributed by atoms with Gasteiger partial charge in [-0.05, 0) is 41.0 Å². The van der Waals surface area contributed by atoms with Crippen LogP contribution in [0.1, 0.15) is 42.7 Å². The molecular weight excluding hydrogens is 298 g/mol. The van der Waals surface area contributed by atoms with Gasteiger partial charge in [0.15, 0.2) is 0 Å². The third kappa shape index (κ3) is 2.91. The predicted molar refractivity (Wildman–Crippen MR) is 95.0 cm³/mol. The van der Waals surface area contributed by atoms with Crippen molar-refractivity contribution in [1.29, 1.82) is 0 Å². The third-order valence-corrected chi connectivity index (χ3v) is 5.35. The highest BCUT2D eigenvalue weighted by atomic mass is 16.5. The van der Waals surface area contributed by atoms with E-state index in [0.29, 0.717) is 12.5 Å². The van der Waals surface area contributed by atoms with Gasteiger partial charge < -0.3 is 10.1 Å². The molecule has 1 amide bonds. The molecule has 4 rings (SSSR count). The number of rotatable bonds is 4. The van der Waals surface area contributed by atoms with Crippen molar-refractivity contribution >= 4 is 6.09 Å². The minimum atomic E-state index is -0.288. The maximum atomic E-state index is 12.0. The quantitative estimate of drug-likeness (QED) is 0.885. The normalized spacial score (nSPS) is 16.7. The van der Waals surface area contributed by atoms with E-state index in [1.165, 1.54) is 47.9 Å². The third-order valence-electron chi connectivity index (χ3n) is 5.35. The van der Waals surface area contributed by atoms with E-state index in [-0.39, 0.29) is 12.0 Å². The van der Waals surface area contributed by atoms with Crippen molar-refractivity contribution in [3.63, 3.8) is 0 Å². The molecule has 3 nitrogen and oxygen atoms in total. The Labute approximate surface area is 143 Å². The fraction of sp³-hybridized carbons (Fsp3) is 0.381. The molecule has 0 unspecified atom stereocenters. The monoisotopic (exact) mass is 321 g/mol. The molecule has 0 aliphatic heterocycles. The molecule has 124 valence electrons. The highest BCUT2D eigenvalue weighted by molar-refractivity contribution is 5.79. The molecule has 0 aromatic heterocycles. The van der Waals surface area contributed by atoms with Crippen LogP contribution in [0.5, 0.6) is 0 Å². The molecule has 0 atom stereocenters. The average molecular weight is 321 g/mol. The zero-order valence-corrected chi connectivity index (χ0v) is 13.8. The Morgan fingerprint density at radius 2 is 1.54 bits per heavy atom. The molecule has 0 bridgehead atoms. The summed E-state index contributed by atoms with van der Waals surface area (Å²) in [6, 6.07) is 16.8. The number of fused-ring (bicyclic) bond motifs is 3. The SMILES string of the molecule is O=C(NCC1CCCC1)OCC1c2ccccc2-c2ccccc21. The lowest BCUT2D eigenvalue weighted by atomic mass is 9.98. The van der Waals surface area contributed by atoms with Gasteiger partial charge in [-0.15, -0.1) is 0 Å². The van der Waals surface area contributed by atoms with Gasteiger partial charge in [-0.25, -0.2) is 4.79 Å². The van der Waals surface area contributed by atoms with Crippen molar-refractivity contribution in [3.05, 3.63) is 59.7 Å². The summed E-state index contributed by atoms with van der Waals surface area (Å²) in [5.41, 5.74) is 5.02. The minimum Gasteiger partial charge on any atom is -0.449 e. The lowest BCUT2D eigenvalue weighted by molar-refractivity contribution is 0.141. The molecule has 0 spiro atoms. The van der Waals surface area contributed by atoms with E-state index in [1.54, 1.807) is 0 Å². The number of carbonyl (C=O) groups excluding carboxylic acids is 1. The molecule has 3 heteroatoms. The van der Waals surface area contributed by atoms with Crippen molar-refractivity contribution in [2.24, 2.45) is 5.92 Å². The second-order valence-corrected chi connectivity index (χ2v) is 6.86. The molecule has 0 heterocycles. The second kappa shape index (κ2) is 6.68. The Morgan fingerprint density at radius 1 is 0.958 bits per heavy atom. The van der Waals surface area contributed by atoms with E-state index in [2.05, 4.69) is 53.8 Å². The minimum absolute atomic E-state index is 0.134. The van der Waals surface area contributed by atoms with Gasteiger partial charge in [0.05, 0.1) is 0 Å².